The van der Waals surface area contributed by atoms with Crippen molar-refractivity contribution < 1.29 is 0 Å². The summed E-state index contributed by atoms with van der Waals surface area (Å²) in [5.74, 6) is 0. The maximum atomic E-state index is 11.2. The van der Waals surface area contributed by atoms with Crippen LogP contribution in [0.2, 0.25) is 0 Å². The summed E-state index contributed by atoms with van der Waals surface area (Å²) in [5.41, 5.74) is 5.82. The largest absolute Gasteiger partial charge is 0.394 e. The molecule has 0 aliphatic carbocycles. The number of aromatic nitrogens is 1. The Hall–Kier alpha value is -1.33. The fourth-order valence-corrected chi connectivity index (χ4v) is 2.01. The summed E-state index contributed by atoms with van der Waals surface area (Å²) >= 11 is 0. The van der Waals surface area contributed by atoms with Crippen molar-refractivity contribution in [2.24, 2.45) is 0 Å². The Morgan fingerprint density at radius 2 is 1.94 bits per heavy atom. The number of piperazine rings is 1. The number of hydrogen-bond donors (Lipinski definition) is 1. The molecule has 1 aliphatic rings. The standard InChI is InChI=1S/C12H20N4O/c1-14-4-6-15(7-5-14)8-9-16-3-2-12(17)11(13)10-16/h2-3,10H,4-9,13H2,1H3. The van der Waals surface area contributed by atoms with Gasteiger partial charge in [0.2, 0.25) is 5.43 Å². The highest BCUT2D eigenvalue weighted by Crippen LogP contribution is 2.00. The molecule has 0 bridgehead atoms. The second-order valence-corrected chi connectivity index (χ2v) is 4.65. The van der Waals surface area contributed by atoms with Gasteiger partial charge in [-0.1, -0.05) is 0 Å². The van der Waals surface area contributed by atoms with Crippen molar-refractivity contribution in [3.63, 3.8) is 0 Å². The molecule has 2 heterocycles. The van der Waals surface area contributed by atoms with Crippen LogP contribution >= 0.6 is 0 Å². The maximum absolute atomic E-state index is 11.2. The zero-order valence-corrected chi connectivity index (χ0v) is 10.3. The highest BCUT2D eigenvalue weighted by molar-refractivity contribution is 5.33. The van der Waals surface area contributed by atoms with Gasteiger partial charge in [-0.2, -0.15) is 0 Å². The van der Waals surface area contributed by atoms with E-state index in [9.17, 15) is 4.79 Å². The minimum Gasteiger partial charge on any atom is -0.394 e. The lowest BCUT2D eigenvalue weighted by molar-refractivity contribution is 0.150. The number of rotatable bonds is 3. The molecule has 1 aromatic rings. The summed E-state index contributed by atoms with van der Waals surface area (Å²) in [6, 6.07) is 1.53. The zero-order chi connectivity index (χ0) is 12.3. The van der Waals surface area contributed by atoms with E-state index in [1.807, 2.05) is 4.57 Å². The molecule has 0 aromatic carbocycles. The topological polar surface area (TPSA) is 54.5 Å². The first-order valence-electron chi connectivity index (χ1n) is 6.01. The molecule has 0 radical (unpaired) electrons. The van der Waals surface area contributed by atoms with Crippen molar-refractivity contribution >= 4 is 5.69 Å². The van der Waals surface area contributed by atoms with Gasteiger partial charge < -0.3 is 15.2 Å². The predicted molar refractivity (Wildman–Crippen MR) is 69.1 cm³/mol. The van der Waals surface area contributed by atoms with E-state index in [0.29, 0.717) is 5.69 Å². The summed E-state index contributed by atoms with van der Waals surface area (Å²) in [4.78, 5) is 15.9. The van der Waals surface area contributed by atoms with Gasteiger partial charge in [0.25, 0.3) is 0 Å². The molecule has 94 valence electrons. The number of nitrogen functional groups attached to an aromatic ring is 1. The van der Waals surface area contributed by atoms with Crippen LogP contribution in [0.25, 0.3) is 0 Å². The van der Waals surface area contributed by atoms with Crippen LogP contribution in [0.4, 0.5) is 5.69 Å². The van der Waals surface area contributed by atoms with Crippen molar-refractivity contribution in [3.05, 3.63) is 28.7 Å². The number of anilines is 1. The van der Waals surface area contributed by atoms with Gasteiger partial charge in [0, 0.05) is 57.7 Å². The summed E-state index contributed by atoms with van der Waals surface area (Å²) in [6.07, 6.45) is 3.52. The maximum Gasteiger partial charge on any atom is 0.204 e. The van der Waals surface area contributed by atoms with Gasteiger partial charge in [-0.15, -0.1) is 0 Å². The Balaban J connectivity index is 1.85. The molecule has 1 aromatic heterocycles. The van der Waals surface area contributed by atoms with Crippen molar-refractivity contribution in [2.45, 2.75) is 6.54 Å². The van der Waals surface area contributed by atoms with Crippen LogP contribution in [0.15, 0.2) is 23.3 Å². The molecule has 2 rings (SSSR count). The lowest BCUT2D eigenvalue weighted by Gasteiger charge is -2.32. The van der Waals surface area contributed by atoms with E-state index in [4.69, 9.17) is 5.73 Å². The molecule has 5 nitrogen and oxygen atoms in total. The summed E-state index contributed by atoms with van der Waals surface area (Å²) < 4.78 is 1.98. The van der Waals surface area contributed by atoms with Crippen molar-refractivity contribution in [1.82, 2.24) is 14.4 Å². The van der Waals surface area contributed by atoms with E-state index in [-0.39, 0.29) is 5.43 Å². The fourth-order valence-electron chi connectivity index (χ4n) is 2.01. The van der Waals surface area contributed by atoms with Crippen LogP contribution in [0, 0.1) is 0 Å². The number of pyridine rings is 1. The zero-order valence-electron chi connectivity index (χ0n) is 10.3. The molecule has 0 atom stereocenters. The summed E-state index contributed by atoms with van der Waals surface area (Å²) in [6.45, 7) is 6.39. The monoisotopic (exact) mass is 236 g/mol. The third-order valence-corrected chi connectivity index (χ3v) is 3.28. The Labute approximate surface area is 101 Å². The van der Waals surface area contributed by atoms with E-state index < -0.39 is 0 Å². The lowest BCUT2D eigenvalue weighted by atomic mass is 10.3. The molecule has 0 spiro atoms. The van der Waals surface area contributed by atoms with Crippen molar-refractivity contribution in [3.8, 4) is 0 Å². The van der Waals surface area contributed by atoms with Crippen LogP contribution in [-0.2, 0) is 6.54 Å². The lowest BCUT2D eigenvalue weighted by Crippen LogP contribution is -2.45. The Bertz CT molecular complexity index is 421. The molecular weight excluding hydrogens is 216 g/mol. The molecule has 17 heavy (non-hydrogen) atoms. The average molecular weight is 236 g/mol. The van der Waals surface area contributed by atoms with E-state index >= 15 is 0 Å². The van der Waals surface area contributed by atoms with Gasteiger partial charge in [0.1, 0.15) is 0 Å². The smallest absolute Gasteiger partial charge is 0.204 e. The minimum atomic E-state index is -0.0964. The predicted octanol–water partition coefficient (Wildman–Crippen LogP) is -0.322. The van der Waals surface area contributed by atoms with E-state index in [2.05, 4.69) is 16.8 Å². The fraction of sp³-hybridized carbons (Fsp3) is 0.583. The summed E-state index contributed by atoms with van der Waals surface area (Å²) in [7, 11) is 2.15. The van der Waals surface area contributed by atoms with E-state index in [1.165, 1.54) is 6.07 Å². The third kappa shape index (κ3) is 3.31. The second-order valence-electron chi connectivity index (χ2n) is 4.65. The van der Waals surface area contributed by atoms with Crippen molar-refractivity contribution in [1.29, 1.82) is 0 Å². The molecule has 0 unspecified atom stereocenters. The number of nitrogens with two attached hydrogens (primary N) is 1. The van der Waals surface area contributed by atoms with Gasteiger partial charge in [0.05, 0.1) is 5.69 Å². The molecule has 2 N–H and O–H groups in total. The highest BCUT2D eigenvalue weighted by atomic mass is 16.1. The van der Waals surface area contributed by atoms with Gasteiger partial charge >= 0.3 is 0 Å². The first-order valence-corrected chi connectivity index (χ1v) is 6.01. The van der Waals surface area contributed by atoms with Crippen molar-refractivity contribution in [2.75, 3.05) is 45.5 Å². The Morgan fingerprint density at radius 1 is 1.24 bits per heavy atom. The number of nitrogens with zero attached hydrogens (tertiary/aromatic N) is 3. The summed E-state index contributed by atoms with van der Waals surface area (Å²) in [5, 5.41) is 0. The van der Waals surface area contributed by atoms with Gasteiger partial charge in [-0.3, -0.25) is 9.69 Å². The molecule has 5 heteroatoms. The van der Waals surface area contributed by atoms with Crippen LogP contribution in [0.1, 0.15) is 0 Å². The van der Waals surface area contributed by atoms with Crippen LogP contribution in [0.5, 0.6) is 0 Å². The normalized spacial score (nSPS) is 18.4. The van der Waals surface area contributed by atoms with Crippen LogP contribution in [-0.4, -0.2) is 54.1 Å². The molecule has 0 saturated carbocycles. The average Bonchev–Trinajstić information content (AvgIpc) is 2.33. The molecular formula is C12H20N4O. The highest BCUT2D eigenvalue weighted by Gasteiger charge is 2.12. The molecule has 1 fully saturated rings. The van der Waals surface area contributed by atoms with Gasteiger partial charge in [-0.25, -0.2) is 0 Å². The first-order chi connectivity index (χ1) is 8.15. The quantitative estimate of drug-likeness (QED) is 0.781. The van der Waals surface area contributed by atoms with Crippen LogP contribution in [0.3, 0.4) is 0 Å². The van der Waals surface area contributed by atoms with Gasteiger partial charge in [0.15, 0.2) is 0 Å². The third-order valence-electron chi connectivity index (χ3n) is 3.28. The molecule has 0 amide bonds. The first kappa shape index (κ1) is 12.1. The Kier molecular flexibility index (Phi) is 3.81. The number of hydrogen-bond acceptors (Lipinski definition) is 4. The van der Waals surface area contributed by atoms with E-state index in [1.54, 1.807) is 12.4 Å². The SMILES string of the molecule is CN1CCN(CCn2ccc(=O)c(N)c2)CC1. The number of likely N-dealkylation sites (N-methyl/N-ethyl adjacent to an activating group) is 1. The van der Waals surface area contributed by atoms with Crippen LogP contribution < -0.4 is 11.2 Å². The molecule has 1 saturated heterocycles. The van der Waals surface area contributed by atoms with E-state index in [0.717, 1.165) is 39.3 Å². The minimum absolute atomic E-state index is 0.0964. The Morgan fingerprint density at radius 3 is 2.59 bits per heavy atom. The second kappa shape index (κ2) is 5.33. The van der Waals surface area contributed by atoms with Gasteiger partial charge in [-0.05, 0) is 7.05 Å². The molecule has 1 aliphatic heterocycles.